The van der Waals surface area contributed by atoms with Crippen LogP contribution in [0.25, 0.3) is 0 Å². The summed E-state index contributed by atoms with van der Waals surface area (Å²) in [6.07, 6.45) is 5.09. The molecule has 2 aliphatic heterocycles. The molecule has 1 aromatic carbocycles. The minimum absolute atomic E-state index is 0.476. The molecule has 0 saturated carbocycles. The molecule has 3 rings (SSSR count). The van der Waals surface area contributed by atoms with E-state index in [1.165, 1.54) is 37.1 Å². The second-order valence-corrected chi connectivity index (χ2v) is 7.17. The van der Waals surface area contributed by atoms with Crippen molar-refractivity contribution in [2.75, 3.05) is 25.9 Å². The Kier molecular flexibility index (Phi) is 5.20. The molecule has 114 valence electrons. The molecule has 0 radical (unpaired) electrons. The minimum Gasteiger partial charge on any atom is -0.360 e. The fraction of sp³-hybridized carbons (Fsp3) is 0.588. The SMILES string of the molecule is CN1CCCC1CCSC1=NCC(Cc2ccccc2)N1. The monoisotopic (exact) mass is 303 g/mol. The number of nitrogens with zero attached hydrogens (tertiary/aromatic N) is 2. The van der Waals surface area contributed by atoms with Gasteiger partial charge in [-0.25, -0.2) is 0 Å². The summed E-state index contributed by atoms with van der Waals surface area (Å²) in [7, 11) is 2.25. The molecule has 1 saturated heterocycles. The lowest BCUT2D eigenvalue weighted by molar-refractivity contribution is 0.305. The van der Waals surface area contributed by atoms with Gasteiger partial charge >= 0.3 is 0 Å². The number of rotatable bonds is 5. The van der Waals surface area contributed by atoms with Crippen molar-refractivity contribution >= 4 is 16.9 Å². The van der Waals surface area contributed by atoms with E-state index < -0.39 is 0 Å². The number of aliphatic imine (C=N–C) groups is 1. The second-order valence-electron chi connectivity index (χ2n) is 6.09. The van der Waals surface area contributed by atoms with E-state index in [1.807, 2.05) is 11.8 Å². The van der Waals surface area contributed by atoms with Crippen LogP contribution in [0, 0.1) is 0 Å². The van der Waals surface area contributed by atoms with Gasteiger partial charge in [0.15, 0.2) is 5.17 Å². The Labute approximate surface area is 132 Å². The molecule has 0 bridgehead atoms. The van der Waals surface area contributed by atoms with Crippen molar-refractivity contribution in [3.05, 3.63) is 35.9 Å². The van der Waals surface area contributed by atoms with E-state index in [-0.39, 0.29) is 0 Å². The molecule has 1 N–H and O–H groups in total. The van der Waals surface area contributed by atoms with Gasteiger partial charge in [-0.1, -0.05) is 42.1 Å². The molecule has 4 heteroatoms. The van der Waals surface area contributed by atoms with Crippen LogP contribution in [0.15, 0.2) is 35.3 Å². The van der Waals surface area contributed by atoms with E-state index in [9.17, 15) is 0 Å². The molecule has 2 heterocycles. The topological polar surface area (TPSA) is 27.6 Å². The summed E-state index contributed by atoms with van der Waals surface area (Å²) in [5.74, 6) is 1.18. The number of benzene rings is 1. The zero-order valence-corrected chi connectivity index (χ0v) is 13.6. The van der Waals surface area contributed by atoms with E-state index in [0.717, 1.165) is 24.2 Å². The summed E-state index contributed by atoms with van der Waals surface area (Å²) in [6.45, 7) is 2.19. The first-order valence-corrected chi connectivity index (χ1v) is 8.98. The van der Waals surface area contributed by atoms with Gasteiger partial charge in [-0.3, -0.25) is 4.99 Å². The van der Waals surface area contributed by atoms with Crippen LogP contribution in [0.2, 0.25) is 0 Å². The van der Waals surface area contributed by atoms with E-state index in [4.69, 9.17) is 0 Å². The molecular formula is C17H25N3S. The highest BCUT2D eigenvalue weighted by molar-refractivity contribution is 8.13. The average Bonchev–Trinajstić information content (AvgIpc) is 3.10. The maximum Gasteiger partial charge on any atom is 0.156 e. The predicted octanol–water partition coefficient (Wildman–Crippen LogP) is 2.77. The third-order valence-electron chi connectivity index (χ3n) is 4.47. The van der Waals surface area contributed by atoms with Crippen LogP contribution in [-0.4, -0.2) is 48.0 Å². The second kappa shape index (κ2) is 7.32. The Balaban J connectivity index is 1.36. The van der Waals surface area contributed by atoms with Gasteiger partial charge < -0.3 is 10.2 Å². The Morgan fingerprint density at radius 3 is 2.95 bits per heavy atom. The van der Waals surface area contributed by atoms with Gasteiger partial charge in [0.2, 0.25) is 0 Å². The highest BCUT2D eigenvalue weighted by Crippen LogP contribution is 2.21. The number of hydrogen-bond donors (Lipinski definition) is 1. The Morgan fingerprint density at radius 2 is 2.19 bits per heavy atom. The third-order valence-corrected chi connectivity index (χ3v) is 5.43. The molecule has 3 nitrogen and oxygen atoms in total. The Bertz CT molecular complexity index is 474. The summed E-state index contributed by atoms with van der Waals surface area (Å²) < 4.78 is 0. The van der Waals surface area contributed by atoms with Crippen LogP contribution in [0.1, 0.15) is 24.8 Å². The van der Waals surface area contributed by atoms with E-state index in [1.54, 1.807) is 0 Å². The van der Waals surface area contributed by atoms with Gasteiger partial charge in [-0.05, 0) is 44.8 Å². The van der Waals surface area contributed by atoms with Gasteiger partial charge in [0, 0.05) is 11.8 Å². The maximum atomic E-state index is 4.65. The van der Waals surface area contributed by atoms with Gasteiger partial charge in [-0.15, -0.1) is 0 Å². The minimum atomic E-state index is 0.476. The van der Waals surface area contributed by atoms with Gasteiger partial charge in [-0.2, -0.15) is 0 Å². The third kappa shape index (κ3) is 4.24. The molecule has 0 aromatic heterocycles. The van der Waals surface area contributed by atoms with E-state index >= 15 is 0 Å². The normalized spacial score (nSPS) is 25.9. The van der Waals surface area contributed by atoms with Crippen molar-refractivity contribution in [1.29, 1.82) is 0 Å². The molecule has 2 unspecified atom stereocenters. The zero-order valence-electron chi connectivity index (χ0n) is 12.8. The lowest BCUT2D eigenvalue weighted by atomic mass is 10.1. The molecule has 1 fully saturated rings. The van der Waals surface area contributed by atoms with E-state index in [2.05, 4.69) is 52.6 Å². The molecular weight excluding hydrogens is 278 g/mol. The van der Waals surface area contributed by atoms with Gasteiger partial charge in [0.25, 0.3) is 0 Å². The zero-order chi connectivity index (χ0) is 14.5. The van der Waals surface area contributed by atoms with Crippen LogP contribution >= 0.6 is 11.8 Å². The summed E-state index contributed by atoms with van der Waals surface area (Å²) in [5.41, 5.74) is 1.39. The summed E-state index contributed by atoms with van der Waals surface area (Å²) in [4.78, 5) is 7.15. The molecule has 1 aromatic rings. The summed E-state index contributed by atoms with van der Waals surface area (Å²) >= 11 is 1.90. The molecule has 0 aliphatic carbocycles. The highest BCUT2D eigenvalue weighted by Gasteiger charge is 2.22. The predicted molar refractivity (Wildman–Crippen MR) is 92.1 cm³/mol. The summed E-state index contributed by atoms with van der Waals surface area (Å²) in [5, 5.41) is 4.73. The molecule has 21 heavy (non-hydrogen) atoms. The summed E-state index contributed by atoms with van der Waals surface area (Å²) in [6, 6.07) is 12.0. The van der Waals surface area contributed by atoms with Crippen LogP contribution in [0.4, 0.5) is 0 Å². The first-order chi connectivity index (χ1) is 10.3. The number of hydrogen-bond acceptors (Lipinski definition) is 4. The largest absolute Gasteiger partial charge is 0.360 e. The van der Waals surface area contributed by atoms with Crippen molar-refractivity contribution in [2.45, 2.75) is 37.8 Å². The number of amidine groups is 1. The van der Waals surface area contributed by atoms with Crippen LogP contribution < -0.4 is 5.32 Å². The number of thioether (sulfide) groups is 1. The number of nitrogens with one attached hydrogen (secondary N) is 1. The van der Waals surface area contributed by atoms with Crippen molar-refractivity contribution < 1.29 is 0 Å². The van der Waals surface area contributed by atoms with E-state index in [0.29, 0.717) is 6.04 Å². The van der Waals surface area contributed by atoms with Crippen molar-refractivity contribution in [1.82, 2.24) is 10.2 Å². The fourth-order valence-electron chi connectivity index (χ4n) is 3.20. The highest BCUT2D eigenvalue weighted by atomic mass is 32.2. The number of likely N-dealkylation sites (tertiary alicyclic amines) is 1. The van der Waals surface area contributed by atoms with Gasteiger partial charge in [0.05, 0.1) is 12.6 Å². The van der Waals surface area contributed by atoms with Gasteiger partial charge in [0.1, 0.15) is 0 Å². The molecule has 0 amide bonds. The smallest absolute Gasteiger partial charge is 0.156 e. The molecule has 0 spiro atoms. The maximum absolute atomic E-state index is 4.65. The van der Waals surface area contributed by atoms with Crippen LogP contribution in [0.5, 0.6) is 0 Å². The molecule has 2 atom stereocenters. The molecule has 2 aliphatic rings. The lowest BCUT2D eigenvalue weighted by Gasteiger charge is -2.19. The van der Waals surface area contributed by atoms with Crippen molar-refractivity contribution in [3.63, 3.8) is 0 Å². The van der Waals surface area contributed by atoms with Crippen molar-refractivity contribution in [3.8, 4) is 0 Å². The average molecular weight is 303 g/mol. The quantitative estimate of drug-likeness (QED) is 0.906. The van der Waals surface area contributed by atoms with Crippen LogP contribution in [0.3, 0.4) is 0 Å². The lowest BCUT2D eigenvalue weighted by Crippen LogP contribution is -2.31. The first-order valence-electron chi connectivity index (χ1n) is 7.99. The van der Waals surface area contributed by atoms with Crippen LogP contribution in [-0.2, 0) is 6.42 Å². The Morgan fingerprint density at radius 1 is 1.33 bits per heavy atom. The van der Waals surface area contributed by atoms with Crippen molar-refractivity contribution in [2.24, 2.45) is 4.99 Å². The first kappa shape index (κ1) is 14.9. The fourth-order valence-corrected chi connectivity index (χ4v) is 4.20. The standard InChI is InChI=1S/C17H25N3S/c1-20-10-5-8-16(20)9-11-21-17-18-13-15(19-17)12-14-6-3-2-4-7-14/h2-4,6-7,15-16H,5,8-13H2,1H3,(H,18,19). The Hall–Kier alpha value is -1.00.